The molecule has 0 aliphatic carbocycles. The predicted molar refractivity (Wildman–Crippen MR) is 75.5 cm³/mol. The van der Waals surface area contributed by atoms with Crippen LogP contribution in [-0.2, 0) is 4.74 Å². The van der Waals surface area contributed by atoms with Gasteiger partial charge in [0.25, 0.3) is 0 Å². The molecule has 1 saturated heterocycles. The standard InChI is InChI=1S/C11H13ClN4O.CH3.ClH.Mg/c1-7-10(12)15-11-8(14-7)6-13-16(11)9-4-2-3-5-17-9;;;/h6,9H,2-5H2,1H3;1H3;1H;/q;;;+1/p-1. The predicted octanol–water partition coefficient (Wildman–Crippen LogP) is -0.306. The average molecular weight is 327 g/mol. The third kappa shape index (κ3) is 3.73. The summed E-state index contributed by atoms with van der Waals surface area (Å²) < 4.78 is 7.47. The van der Waals surface area contributed by atoms with Gasteiger partial charge in [0.15, 0.2) is 17.0 Å². The number of hydrogen-bond donors (Lipinski definition) is 0. The van der Waals surface area contributed by atoms with E-state index < -0.39 is 0 Å². The van der Waals surface area contributed by atoms with Gasteiger partial charge in [0.05, 0.1) is 11.9 Å². The molecule has 5 nitrogen and oxygen atoms in total. The molecule has 1 aliphatic rings. The molecule has 2 aromatic rings. The maximum absolute atomic E-state index is 6.00. The molecule has 2 aromatic heterocycles. The van der Waals surface area contributed by atoms with Crippen molar-refractivity contribution in [3.8, 4) is 0 Å². The van der Waals surface area contributed by atoms with E-state index in [2.05, 4.69) is 15.1 Å². The van der Waals surface area contributed by atoms with Crippen molar-refractivity contribution in [1.29, 1.82) is 0 Å². The van der Waals surface area contributed by atoms with Gasteiger partial charge in [-0.25, -0.2) is 14.6 Å². The smallest absolute Gasteiger partial charge is 1.00 e. The Bertz CT molecular complexity index is 558. The van der Waals surface area contributed by atoms with Crippen LogP contribution < -0.4 is 12.4 Å². The minimum Gasteiger partial charge on any atom is -1.00 e. The number of fused-ring (bicyclic) bond motifs is 1. The van der Waals surface area contributed by atoms with Gasteiger partial charge in [0.1, 0.15) is 5.52 Å². The number of aromatic nitrogens is 4. The Kier molecular flexibility index (Phi) is 7.46. The molecule has 0 spiro atoms. The summed E-state index contributed by atoms with van der Waals surface area (Å²) in [6.07, 6.45) is 4.91. The van der Waals surface area contributed by atoms with Crippen LogP contribution in [-0.4, -0.2) is 48.1 Å². The maximum Gasteiger partial charge on any atom is -1.00 e. The van der Waals surface area contributed by atoms with Gasteiger partial charge < -0.3 is 17.1 Å². The van der Waals surface area contributed by atoms with Crippen molar-refractivity contribution in [3.63, 3.8) is 0 Å². The first kappa shape index (κ1) is 17.9. The molecule has 0 radical (unpaired) electrons. The number of ether oxygens (including phenoxy) is 1. The van der Waals surface area contributed by atoms with E-state index >= 15 is 0 Å². The summed E-state index contributed by atoms with van der Waals surface area (Å²) in [4.78, 5) is 8.69. The van der Waals surface area contributed by atoms with Gasteiger partial charge in [-0.1, -0.05) is 11.6 Å². The average Bonchev–Trinajstić information content (AvgIpc) is 2.85. The van der Waals surface area contributed by atoms with Gasteiger partial charge >= 0.3 is 26.8 Å². The number of aryl methyl sites for hydroxylation is 1. The largest absolute Gasteiger partial charge is 1.00 e. The molecular weight excluding hydrogens is 311 g/mol. The van der Waals surface area contributed by atoms with Crippen LogP contribution in [0.15, 0.2) is 6.20 Å². The summed E-state index contributed by atoms with van der Waals surface area (Å²) in [6.45, 7) is 2.61. The fourth-order valence-electron chi connectivity index (χ4n) is 2.06. The maximum atomic E-state index is 6.00. The van der Waals surface area contributed by atoms with Crippen LogP contribution in [0.1, 0.15) is 31.2 Å². The Hall–Kier alpha value is -0.144. The van der Waals surface area contributed by atoms with Crippen LogP contribution in [0, 0.1) is 6.92 Å². The Balaban J connectivity index is 0.000000639. The van der Waals surface area contributed by atoms with Crippen molar-refractivity contribution in [1.82, 2.24) is 19.7 Å². The number of hydrogen-bond acceptors (Lipinski definition) is 4. The molecule has 0 aromatic carbocycles. The second-order valence-corrected chi connectivity index (χ2v) is 4.58. The second kappa shape index (κ2) is 8.34. The van der Waals surface area contributed by atoms with Gasteiger partial charge in [0, 0.05) is 6.61 Å². The van der Waals surface area contributed by atoms with E-state index in [1.165, 1.54) is 0 Å². The zero-order chi connectivity index (χ0) is 13.8. The first-order chi connectivity index (χ1) is 9.25. The molecule has 0 amide bonds. The Morgan fingerprint density at radius 2 is 2.10 bits per heavy atom. The van der Waals surface area contributed by atoms with Gasteiger partial charge in [-0.05, 0) is 26.2 Å². The van der Waals surface area contributed by atoms with Crippen LogP contribution >= 0.6 is 11.6 Å². The van der Waals surface area contributed by atoms with E-state index in [-0.39, 0.29) is 18.6 Å². The molecule has 0 N–H and O–H groups in total. The first-order valence-corrected chi connectivity index (χ1v) is 8.24. The van der Waals surface area contributed by atoms with Crippen molar-refractivity contribution in [2.24, 2.45) is 0 Å². The molecule has 1 unspecified atom stereocenters. The third-order valence-corrected chi connectivity index (χ3v) is 3.33. The van der Waals surface area contributed by atoms with Crippen molar-refractivity contribution in [2.45, 2.75) is 37.5 Å². The molecule has 3 heterocycles. The summed E-state index contributed by atoms with van der Waals surface area (Å²) in [5.41, 5.74) is 2.19. The molecule has 20 heavy (non-hydrogen) atoms. The molecule has 0 saturated carbocycles. The summed E-state index contributed by atoms with van der Waals surface area (Å²) in [7, 11) is 0. The van der Waals surface area contributed by atoms with E-state index in [0.717, 1.165) is 37.1 Å². The Morgan fingerprint density at radius 1 is 1.35 bits per heavy atom. The minimum absolute atomic E-state index is 0. The Morgan fingerprint density at radius 3 is 2.75 bits per heavy atom. The van der Waals surface area contributed by atoms with E-state index in [9.17, 15) is 0 Å². The molecular formula is C12H16Cl2MgN4O. The van der Waals surface area contributed by atoms with Crippen molar-refractivity contribution in [3.05, 3.63) is 17.0 Å². The van der Waals surface area contributed by atoms with Gasteiger partial charge in [-0.3, -0.25) is 0 Å². The van der Waals surface area contributed by atoms with Crippen molar-refractivity contribution in [2.75, 3.05) is 6.61 Å². The van der Waals surface area contributed by atoms with Crippen LogP contribution in [0.2, 0.25) is 10.2 Å². The first-order valence-electron chi connectivity index (χ1n) is 6.45. The topological polar surface area (TPSA) is 52.8 Å². The van der Waals surface area contributed by atoms with E-state index in [1.807, 2.05) is 33.7 Å². The third-order valence-electron chi connectivity index (χ3n) is 2.97. The molecule has 1 aliphatic heterocycles. The fourth-order valence-corrected chi connectivity index (χ4v) is 2.18. The number of halogens is 2. The number of rotatable bonds is 1. The second-order valence-electron chi connectivity index (χ2n) is 4.22. The molecule has 106 valence electrons. The summed E-state index contributed by atoms with van der Waals surface area (Å²) in [5.74, 6) is 0. The van der Waals surface area contributed by atoms with Crippen molar-refractivity contribution < 1.29 is 17.1 Å². The van der Waals surface area contributed by atoms with E-state index in [1.54, 1.807) is 10.9 Å². The van der Waals surface area contributed by atoms with Crippen LogP contribution in [0.3, 0.4) is 0 Å². The minimum atomic E-state index is -0.0330. The zero-order valence-corrected chi connectivity index (χ0v) is 14.6. The summed E-state index contributed by atoms with van der Waals surface area (Å²) in [6, 6.07) is 0. The molecule has 0 bridgehead atoms. The molecule has 8 heteroatoms. The van der Waals surface area contributed by atoms with Crippen LogP contribution in [0.5, 0.6) is 0 Å². The molecule has 3 rings (SSSR count). The van der Waals surface area contributed by atoms with Crippen LogP contribution in [0.4, 0.5) is 0 Å². The van der Waals surface area contributed by atoms with Crippen molar-refractivity contribution >= 4 is 44.5 Å². The monoisotopic (exact) mass is 326 g/mol. The van der Waals surface area contributed by atoms with Gasteiger partial charge in [0.2, 0.25) is 0 Å². The quantitative estimate of drug-likeness (QED) is 0.675. The zero-order valence-electron chi connectivity index (χ0n) is 11.6. The molecule has 1 fully saturated rings. The molecule has 1 atom stereocenters. The van der Waals surface area contributed by atoms with Crippen LogP contribution in [0.25, 0.3) is 11.2 Å². The van der Waals surface area contributed by atoms with Gasteiger partial charge in [-0.15, -0.1) is 0 Å². The summed E-state index contributed by atoms with van der Waals surface area (Å²) in [5, 5.41) is 6.76. The van der Waals surface area contributed by atoms with Gasteiger partial charge in [-0.2, -0.15) is 5.10 Å². The Labute approximate surface area is 142 Å². The van der Waals surface area contributed by atoms with E-state index in [0.29, 0.717) is 10.8 Å². The normalized spacial score (nSPS) is 18.1. The summed E-state index contributed by atoms with van der Waals surface area (Å²) >= 11 is 7.86. The van der Waals surface area contributed by atoms with E-state index in [4.69, 9.17) is 16.3 Å². The SMILES string of the molecule is Cc1nc2cnn(C3CCCCO3)c2nc1Cl.[CH3][Mg+].[Cl-]. The fraction of sp³-hybridized carbons (Fsp3) is 0.583. The number of nitrogens with zero attached hydrogens (tertiary/aromatic N) is 4.